The first kappa shape index (κ1) is 20.9. The van der Waals surface area contributed by atoms with Crippen LogP contribution in [0.2, 0.25) is 0 Å². The Balaban J connectivity index is 1.18. The van der Waals surface area contributed by atoms with Crippen LogP contribution in [0.3, 0.4) is 0 Å². The van der Waals surface area contributed by atoms with E-state index in [2.05, 4.69) is 33.7 Å². The summed E-state index contributed by atoms with van der Waals surface area (Å²) in [5.74, 6) is 0.524. The maximum absolute atomic E-state index is 12.1. The van der Waals surface area contributed by atoms with Gasteiger partial charge in [0, 0.05) is 36.6 Å². The highest BCUT2D eigenvalue weighted by molar-refractivity contribution is 6.04. The molecule has 0 aliphatic carbocycles. The molecule has 3 amide bonds. The van der Waals surface area contributed by atoms with Gasteiger partial charge in [-0.15, -0.1) is 0 Å². The summed E-state index contributed by atoms with van der Waals surface area (Å²) in [6.45, 7) is 3.24. The topological polar surface area (TPSA) is 70.7 Å². The molecule has 6 nitrogen and oxygen atoms in total. The van der Waals surface area contributed by atoms with Crippen molar-refractivity contribution >= 4 is 22.7 Å². The second kappa shape index (κ2) is 10.1. The first-order valence-corrected chi connectivity index (χ1v) is 10.7. The van der Waals surface area contributed by atoms with Crippen molar-refractivity contribution in [3.8, 4) is 5.75 Å². The largest absolute Gasteiger partial charge is 0.492 e. The lowest BCUT2D eigenvalue weighted by Crippen LogP contribution is -2.49. The fraction of sp³-hybridized carbons (Fsp3) is 0.280. The van der Waals surface area contributed by atoms with E-state index in [1.54, 1.807) is 24.3 Å². The molecule has 160 valence electrons. The van der Waals surface area contributed by atoms with Gasteiger partial charge in [-0.05, 0) is 36.4 Å². The predicted octanol–water partition coefficient (Wildman–Crippen LogP) is 3.82. The summed E-state index contributed by atoms with van der Waals surface area (Å²) in [6.07, 6.45) is 1.70. The van der Waals surface area contributed by atoms with E-state index in [4.69, 9.17) is 4.74 Å². The van der Waals surface area contributed by atoms with E-state index in [9.17, 15) is 9.59 Å². The maximum atomic E-state index is 12.1. The molecule has 0 atom stereocenters. The molecule has 3 aromatic rings. The van der Waals surface area contributed by atoms with Crippen molar-refractivity contribution in [1.82, 2.24) is 15.5 Å². The molecule has 1 saturated heterocycles. The van der Waals surface area contributed by atoms with Crippen LogP contribution in [0.15, 0.2) is 72.8 Å². The highest BCUT2D eigenvalue weighted by atomic mass is 16.5. The number of nitrogens with one attached hydrogen (secondary N) is 2. The van der Waals surface area contributed by atoms with Crippen LogP contribution in [0, 0.1) is 0 Å². The summed E-state index contributed by atoms with van der Waals surface area (Å²) < 4.78 is 6.04. The van der Waals surface area contributed by atoms with Crippen molar-refractivity contribution in [3.63, 3.8) is 0 Å². The normalized spacial score (nSPS) is 14.8. The fourth-order valence-corrected chi connectivity index (χ4v) is 3.89. The number of likely N-dealkylation sites (tertiary alicyclic amines) is 1. The average molecular weight is 418 g/mol. The van der Waals surface area contributed by atoms with Crippen LogP contribution >= 0.6 is 0 Å². The molecule has 1 heterocycles. The molecule has 0 bridgehead atoms. The minimum absolute atomic E-state index is 0.0683. The number of imide groups is 1. The highest BCUT2D eigenvalue weighted by Crippen LogP contribution is 2.25. The van der Waals surface area contributed by atoms with Crippen molar-refractivity contribution in [2.24, 2.45) is 0 Å². The number of rotatable bonds is 6. The molecule has 6 heteroatoms. The maximum Gasteiger partial charge on any atom is 0.321 e. The van der Waals surface area contributed by atoms with E-state index in [-0.39, 0.29) is 11.9 Å². The zero-order valence-electron chi connectivity index (χ0n) is 17.4. The summed E-state index contributed by atoms with van der Waals surface area (Å²) in [5.41, 5.74) is 0.471. The molecule has 31 heavy (non-hydrogen) atoms. The number of hydrogen-bond acceptors (Lipinski definition) is 4. The van der Waals surface area contributed by atoms with Crippen molar-refractivity contribution in [3.05, 3.63) is 78.4 Å². The summed E-state index contributed by atoms with van der Waals surface area (Å²) >= 11 is 0. The van der Waals surface area contributed by atoms with E-state index >= 15 is 0 Å². The monoisotopic (exact) mass is 417 g/mol. The minimum Gasteiger partial charge on any atom is -0.492 e. The van der Waals surface area contributed by atoms with Gasteiger partial charge in [0.25, 0.3) is 5.91 Å². The number of hydrogen-bond donors (Lipinski definition) is 2. The quantitative estimate of drug-likeness (QED) is 0.640. The molecular weight excluding hydrogens is 390 g/mol. The van der Waals surface area contributed by atoms with Gasteiger partial charge in [-0.1, -0.05) is 54.6 Å². The van der Waals surface area contributed by atoms with Crippen LogP contribution in [0.5, 0.6) is 5.75 Å². The molecule has 0 radical (unpaired) electrons. The van der Waals surface area contributed by atoms with Gasteiger partial charge >= 0.3 is 6.03 Å². The van der Waals surface area contributed by atoms with Crippen LogP contribution in [0.1, 0.15) is 23.2 Å². The molecule has 1 aliphatic heterocycles. The number of nitrogens with zero attached hydrogens (tertiary/aromatic N) is 1. The molecule has 2 N–H and O–H groups in total. The Bertz CT molecular complexity index is 1030. The van der Waals surface area contributed by atoms with E-state index in [0.29, 0.717) is 12.2 Å². The van der Waals surface area contributed by atoms with Crippen LogP contribution in [0.4, 0.5) is 4.79 Å². The van der Waals surface area contributed by atoms with Crippen LogP contribution in [0.25, 0.3) is 10.8 Å². The summed E-state index contributed by atoms with van der Waals surface area (Å²) in [5, 5.41) is 7.62. The Morgan fingerprint density at radius 1 is 0.903 bits per heavy atom. The molecule has 0 aromatic heterocycles. The average Bonchev–Trinajstić information content (AvgIpc) is 2.81. The van der Waals surface area contributed by atoms with Crippen LogP contribution < -0.4 is 15.4 Å². The molecule has 0 saturated carbocycles. The zero-order valence-corrected chi connectivity index (χ0v) is 17.4. The Labute approximate surface area is 182 Å². The first-order valence-electron chi connectivity index (χ1n) is 10.7. The molecule has 0 unspecified atom stereocenters. The Morgan fingerprint density at radius 3 is 2.42 bits per heavy atom. The Hall–Kier alpha value is -3.38. The first-order chi connectivity index (χ1) is 15.2. The lowest BCUT2D eigenvalue weighted by atomic mass is 10.1. The zero-order chi connectivity index (χ0) is 21.5. The molecule has 1 fully saturated rings. The molecule has 4 rings (SSSR count). The van der Waals surface area contributed by atoms with Gasteiger partial charge in [0.05, 0.1) is 0 Å². The number of ether oxygens (including phenoxy) is 1. The standard InChI is InChI=1S/C25H27N3O3/c29-24(20-8-2-1-3-9-20)27-25(30)26-21-13-15-28(16-14-21)17-18-31-23-12-6-10-19-7-4-5-11-22(19)23/h1-12,21H,13-18H2,(H2,26,27,29,30). The predicted molar refractivity (Wildman–Crippen MR) is 121 cm³/mol. The smallest absolute Gasteiger partial charge is 0.321 e. The number of amides is 3. The van der Waals surface area contributed by atoms with E-state index < -0.39 is 6.03 Å². The second-order valence-electron chi connectivity index (χ2n) is 7.74. The van der Waals surface area contributed by atoms with Gasteiger partial charge in [0.2, 0.25) is 0 Å². The SMILES string of the molecule is O=C(NC(=O)c1ccccc1)NC1CCN(CCOc2cccc3ccccc23)CC1. The van der Waals surface area contributed by atoms with Crippen molar-refractivity contribution in [2.45, 2.75) is 18.9 Å². The Kier molecular flexibility index (Phi) is 6.79. The number of urea groups is 1. The van der Waals surface area contributed by atoms with E-state index in [1.807, 2.05) is 30.3 Å². The number of carbonyl (C=O) groups is 2. The van der Waals surface area contributed by atoms with E-state index in [0.717, 1.165) is 43.6 Å². The van der Waals surface area contributed by atoms with Gasteiger partial charge in [-0.3, -0.25) is 15.0 Å². The van der Waals surface area contributed by atoms with Gasteiger partial charge in [-0.2, -0.15) is 0 Å². The van der Waals surface area contributed by atoms with Gasteiger partial charge < -0.3 is 10.1 Å². The van der Waals surface area contributed by atoms with Crippen molar-refractivity contribution < 1.29 is 14.3 Å². The number of piperidine rings is 1. The number of carbonyl (C=O) groups excluding carboxylic acids is 2. The third kappa shape index (κ3) is 5.61. The lowest BCUT2D eigenvalue weighted by molar-refractivity contribution is 0.0961. The van der Waals surface area contributed by atoms with Crippen LogP contribution in [-0.4, -0.2) is 49.1 Å². The lowest BCUT2D eigenvalue weighted by Gasteiger charge is -2.32. The van der Waals surface area contributed by atoms with E-state index in [1.165, 1.54) is 5.39 Å². The molecule has 0 spiro atoms. The number of fused-ring (bicyclic) bond motifs is 1. The highest BCUT2D eigenvalue weighted by Gasteiger charge is 2.21. The third-order valence-corrected chi connectivity index (χ3v) is 5.60. The van der Waals surface area contributed by atoms with Crippen molar-refractivity contribution in [1.29, 1.82) is 0 Å². The summed E-state index contributed by atoms with van der Waals surface area (Å²) in [6, 6.07) is 22.7. The Morgan fingerprint density at radius 2 is 1.61 bits per heavy atom. The van der Waals surface area contributed by atoms with Crippen LogP contribution in [-0.2, 0) is 0 Å². The summed E-state index contributed by atoms with van der Waals surface area (Å²) in [7, 11) is 0. The van der Waals surface area contributed by atoms with Gasteiger partial charge in [0.15, 0.2) is 0 Å². The molecular formula is C25H27N3O3. The van der Waals surface area contributed by atoms with Gasteiger partial charge in [-0.25, -0.2) is 4.79 Å². The molecule has 3 aromatic carbocycles. The third-order valence-electron chi connectivity index (χ3n) is 5.60. The summed E-state index contributed by atoms with van der Waals surface area (Å²) in [4.78, 5) is 26.6. The minimum atomic E-state index is -0.438. The second-order valence-corrected chi connectivity index (χ2v) is 7.74. The number of benzene rings is 3. The molecule has 1 aliphatic rings. The fourth-order valence-electron chi connectivity index (χ4n) is 3.89. The van der Waals surface area contributed by atoms with Crippen molar-refractivity contribution in [2.75, 3.05) is 26.2 Å². The van der Waals surface area contributed by atoms with Gasteiger partial charge in [0.1, 0.15) is 12.4 Å².